The normalized spacial score (nSPS) is 10.8. The first-order valence-electron chi connectivity index (χ1n) is 5.44. The highest BCUT2D eigenvalue weighted by atomic mass is 19.1. The molecule has 0 aliphatic rings. The third-order valence-electron chi connectivity index (χ3n) is 2.42. The van der Waals surface area contributed by atoms with Gasteiger partial charge >= 0.3 is 0 Å². The average Bonchev–Trinajstić information content (AvgIpc) is 2.27. The van der Waals surface area contributed by atoms with E-state index in [0.29, 0.717) is 6.54 Å². The second kappa shape index (κ2) is 6.37. The summed E-state index contributed by atoms with van der Waals surface area (Å²) in [7, 11) is 0. The Kier molecular flexibility index (Phi) is 5.11. The van der Waals surface area contributed by atoms with E-state index in [9.17, 15) is 8.78 Å². The van der Waals surface area contributed by atoms with Crippen LogP contribution in [0.5, 0.6) is 0 Å². The van der Waals surface area contributed by atoms with E-state index in [1.54, 1.807) is 0 Å². The summed E-state index contributed by atoms with van der Waals surface area (Å²) in [6.45, 7) is 7.46. The van der Waals surface area contributed by atoms with Crippen LogP contribution in [0, 0.1) is 11.6 Å². The van der Waals surface area contributed by atoms with Gasteiger partial charge in [-0.1, -0.05) is 13.8 Å². The maximum absolute atomic E-state index is 13.2. The topological polar surface area (TPSA) is 28.2 Å². The first-order valence-corrected chi connectivity index (χ1v) is 5.44. The summed E-state index contributed by atoms with van der Waals surface area (Å²) < 4.78 is 25.7. The summed E-state index contributed by atoms with van der Waals surface area (Å²) in [5.41, 5.74) is 0. The van der Waals surface area contributed by atoms with Crippen LogP contribution in [0.25, 0.3) is 0 Å². The van der Waals surface area contributed by atoms with Gasteiger partial charge < -0.3 is 10.2 Å². The molecular weight excluding hydrogens is 212 g/mol. The highest BCUT2D eigenvalue weighted by Gasteiger charge is 2.05. The van der Waals surface area contributed by atoms with E-state index in [4.69, 9.17) is 0 Å². The van der Waals surface area contributed by atoms with Crippen LogP contribution in [-0.2, 0) is 0 Å². The number of nitrogens with one attached hydrogen (secondary N) is 1. The molecule has 0 fully saturated rings. The molecule has 16 heavy (non-hydrogen) atoms. The van der Waals surface area contributed by atoms with E-state index in [1.165, 1.54) is 0 Å². The zero-order valence-corrected chi connectivity index (χ0v) is 9.63. The highest BCUT2D eigenvalue weighted by molar-refractivity contribution is 5.35. The van der Waals surface area contributed by atoms with Crippen molar-refractivity contribution in [1.29, 1.82) is 0 Å². The highest BCUT2D eigenvalue weighted by Crippen LogP contribution is 2.10. The SMILES string of the molecule is CCN(CC)CCNc1ncc(F)cc1F. The van der Waals surface area contributed by atoms with E-state index in [2.05, 4.69) is 29.0 Å². The maximum atomic E-state index is 13.2. The first-order chi connectivity index (χ1) is 7.67. The number of anilines is 1. The smallest absolute Gasteiger partial charge is 0.168 e. The maximum Gasteiger partial charge on any atom is 0.168 e. The molecule has 0 aliphatic heterocycles. The molecule has 0 bridgehead atoms. The van der Waals surface area contributed by atoms with Gasteiger partial charge in [0.05, 0.1) is 6.20 Å². The van der Waals surface area contributed by atoms with Crippen molar-refractivity contribution in [3.8, 4) is 0 Å². The van der Waals surface area contributed by atoms with Crippen LogP contribution in [0.4, 0.5) is 14.6 Å². The molecule has 1 heterocycles. The second-order valence-corrected chi connectivity index (χ2v) is 3.44. The third-order valence-corrected chi connectivity index (χ3v) is 2.42. The van der Waals surface area contributed by atoms with Crippen LogP contribution in [0.1, 0.15) is 13.8 Å². The van der Waals surface area contributed by atoms with Gasteiger partial charge in [0.15, 0.2) is 11.6 Å². The van der Waals surface area contributed by atoms with E-state index in [1.807, 2.05) is 0 Å². The van der Waals surface area contributed by atoms with Gasteiger partial charge in [-0.3, -0.25) is 0 Å². The summed E-state index contributed by atoms with van der Waals surface area (Å²) in [6, 6.07) is 0.826. The van der Waals surface area contributed by atoms with Crippen LogP contribution in [0.2, 0.25) is 0 Å². The molecule has 5 heteroatoms. The van der Waals surface area contributed by atoms with Crippen molar-refractivity contribution in [2.75, 3.05) is 31.5 Å². The first kappa shape index (κ1) is 12.8. The van der Waals surface area contributed by atoms with Crippen molar-refractivity contribution in [2.45, 2.75) is 13.8 Å². The number of nitrogens with zero attached hydrogens (tertiary/aromatic N) is 2. The quantitative estimate of drug-likeness (QED) is 0.809. The molecule has 0 amide bonds. The van der Waals surface area contributed by atoms with E-state index in [0.717, 1.165) is 31.9 Å². The van der Waals surface area contributed by atoms with Gasteiger partial charge in [-0.2, -0.15) is 0 Å². The number of halogens is 2. The van der Waals surface area contributed by atoms with Gasteiger partial charge in [0.25, 0.3) is 0 Å². The van der Waals surface area contributed by atoms with Crippen molar-refractivity contribution in [1.82, 2.24) is 9.88 Å². The van der Waals surface area contributed by atoms with Crippen LogP contribution in [0.3, 0.4) is 0 Å². The van der Waals surface area contributed by atoms with E-state index < -0.39 is 11.6 Å². The number of rotatable bonds is 6. The third kappa shape index (κ3) is 3.73. The Hall–Kier alpha value is -1.23. The van der Waals surface area contributed by atoms with Gasteiger partial charge in [-0.05, 0) is 13.1 Å². The number of hydrogen-bond donors (Lipinski definition) is 1. The fraction of sp³-hybridized carbons (Fsp3) is 0.545. The van der Waals surface area contributed by atoms with Gasteiger partial charge in [-0.15, -0.1) is 0 Å². The zero-order valence-electron chi connectivity index (χ0n) is 9.63. The van der Waals surface area contributed by atoms with E-state index in [-0.39, 0.29) is 5.82 Å². The second-order valence-electron chi connectivity index (χ2n) is 3.44. The Morgan fingerprint density at radius 3 is 2.56 bits per heavy atom. The summed E-state index contributed by atoms with van der Waals surface area (Å²) in [5, 5.41) is 2.84. The molecule has 0 atom stereocenters. The Morgan fingerprint density at radius 2 is 2.00 bits per heavy atom. The van der Waals surface area contributed by atoms with Gasteiger partial charge in [0.2, 0.25) is 0 Å². The van der Waals surface area contributed by atoms with Crippen molar-refractivity contribution >= 4 is 5.82 Å². The molecule has 0 aromatic carbocycles. The summed E-state index contributed by atoms with van der Waals surface area (Å²) in [6.07, 6.45) is 1.00. The Bertz CT molecular complexity index is 327. The molecule has 0 unspecified atom stereocenters. The van der Waals surface area contributed by atoms with Crippen molar-refractivity contribution in [2.24, 2.45) is 0 Å². The molecule has 1 aromatic heterocycles. The molecular formula is C11H17F2N3. The van der Waals surface area contributed by atoms with Crippen LogP contribution in [-0.4, -0.2) is 36.1 Å². The van der Waals surface area contributed by atoms with E-state index >= 15 is 0 Å². The Balaban J connectivity index is 2.42. The number of aromatic nitrogens is 1. The summed E-state index contributed by atoms with van der Waals surface area (Å²) in [5.74, 6) is -1.21. The van der Waals surface area contributed by atoms with Crippen LogP contribution >= 0.6 is 0 Å². The Labute approximate surface area is 94.5 Å². The fourth-order valence-corrected chi connectivity index (χ4v) is 1.42. The minimum atomic E-state index is -0.660. The molecule has 0 spiro atoms. The molecule has 0 radical (unpaired) electrons. The van der Waals surface area contributed by atoms with Gasteiger partial charge in [0, 0.05) is 19.2 Å². The molecule has 1 rings (SSSR count). The lowest BCUT2D eigenvalue weighted by Gasteiger charge is -2.18. The minimum Gasteiger partial charge on any atom is -0.366 e. The van der Waals surface area contributed by atoms with Crippen molar-refractivity contribution in [3.05, 3.63) is 23.9 Å². The van der Waals surface area contributed by atoms with Crippen LogP contribution in [0.15, 0.2) is 12.3 Å². The number of hydrogen-bond acceptors (Lipinski definition) is 3. The molecule has 90 valence electrons. The average molecular weight is 229 g/mol. The summed E-state index contributed by atoms with van der Waals surface area (Å²) >= 11 is 0. The lowest BCUT2D eigenvalue weighted by Crippen LogP contribution is -2.28. The van der Waals surface area contributed by atoms with Crippen molar-refractivity contribution in [3.63, 3.8) is 0 Å². The Morgan fingerprint density at radius 1 is 1.31 bits per heavy atom. The van der Waals surface area contributed by atoms with Gasteiger partial charge in [-0.25, -0.2) is 13.8 Å². The molecule has 0 aliphatic carbocycles. The lowest BCUT2D eigenvalue weighted by atomic mass is 10.4. The number of likely N-dealkylation sites (N-methyl/N-ethyl adjacent to an activating group) is 1. The standard InChI is InChI=1S/C11H17F2N3/c1-3-16(4-2)6-5-14-11-10(13)7-9(12)8-15-11/h7-8H,3-6H2,1-2H3,(H,14,15). The molecule has 0 saturated heterocycles. The monoisotopic (exact) mass is 229 g/mol. The predicted octanol–water partition coefficient (Wildman–Crippen LogP) is 2.11. The summed E-state index contributed by atoms with van der Waals surface area (Å²) in [4.78, 5) is 5.85. The van der Waals surface area contributed by atoms with Crippen LogP contribution < -0.4 is 5.32 Å². The molecule has 1 aromatic rings. The van der Waals surface area contributed by atoms with Crippen molar-refractivity contribution < 1.29 is 8.78 Å². The minimum absolute atomic E-state index is 0.105. The zero-order chi connectivity index (χ0) is 12.0. The molecule has 3 nitrogen and oxygen atoms in total. The fourth-order valence-electron chi connectivity index (χ4n) is 1.42. The predicted molar refractivity (Wildman–Crippen MR) is 60.4 cm³/mol. The molecule has 1 N–H and O–H groups in total. The molecule has 0 saturated carbocycles. The number of pyridine rings is 1. The largest absolute Gasteiger partial charge is 0.366 e. The van der Waals surface area contributed by atoms with Gasteiger partial charge in [0.1, 0.15) is 5.82 Å². The lowest BCUT2D eigenvalue weighted by molar-refractivity contribution is 0.315.